The van der Waals surface area contributed by atoms with Gasteiger partial charge < -0.3 is 5.21 Å². The van der Waals surface area contributed by atoms with Gasteiger partial charge in [-0.05, 0) is 19.1 Å². The first-order valence-electron chi connectivity index (χ1n) is 3.65. The van der Waals surface area contributed by atoms with Crippen molar-refractivity contribution in [3.63, 3.8) is 0 Å². The van der Waals surface area contributed by atoms with E-state index in [4.69, 9.17) is 0 Å². The highest BCUT2D eigenvalue weighted by Gasteiger charge is 1.94. The average molecular weight is 165 g/mol. The molecule has 0 fully saturated rings. The number of hydrogen-bond acceptors (Lipinski definition) is 2. The molecule has 0 bridgehead atoms. The molecule has 0 aliphatic heterocycles. The van der Waals surface area contributed by atoms with Crippen LogP contribution >= 0.6 is 0 Å². The van der Waals surface area contributed by atoms with Crippen LogP contribution in [0.15, 0.2) is 29.5 Å². The number of benzene rings is 1. The average Bonchev–Trinajstić information content (AvgIpc) is 2.06. The van der Waals surface area contributed by atoms with E-state index in [9.17, 15) is 5.21 Å². The third-order valence-corrected chi connectivity index (χ3v) is 1.45. The van der Waals surface area contributed by atoms with Crippen LogP contribution in [0.25, 0.3) is 0 Å². The minimum absolute atomic E-state index is 0.523. The molecule has 0 aromatic heterocycles. The van der Waals surface area contributed by atoms with E-state index in [0.29, 0.717) is 10.5 Å². The molecule has 4 nitrogen and oxygen atoms in total. The van der Waals surface area contributed by atoms with Gasteiger partial charge in [0.25, 0.3) is 0 Å². The van der Waals surface area contributed by atoms with Crippen molar-refractivity contribution in [1.82, 2.24) is 5.43 Å². The predicted octanol–water partition coefficient (Wildman–Crippen LogP) is 1.72. The lowest BCUT2D eigenvalue weighted by Gasteiger charge is -2.04. The highest BCUT2D eigenvalue weighted by molar-refractivity contribution is 5.31. The van der Waals surface area contributed by atoms with Crippen LogP contribution in [-0.2, 0) is 0 Å². The summed E-state index contributed by atoms with van der Waals surface area (Å²) in [5, 5.41) is 14.5. The van der Waals surface area contributed by atoms with Crippen molar-refractivity contribution >= 4 is 5.69 Å². The normalized spacial score (nSPS) is 11.3. The zero-order valence-electron chi connectivity index (χ0n) is 7.11. The number of aryl methyl sites for hydroxylation is 1. The Bertz CT molecular complexity index is 279. The molecule has 4 heteroatoms. The molecule has 64 valence electrons. The molecule has 0 heterocycles. The van der Waals surface area contributed by atoms with Crippen LogP contribution in [0.2, 0.25) is 0 Å². The SMILES string of the molecule is CNN=[N+]([O-])c1ccc(C)cc1. The lowest BCUT2D eigenvalue weighted by molar-refractivity contribution is -0.447. The molecular weight excluding hydrogens is 154 g/mol. The second-order valence-electron chi connectivity index (χ2n) is 2.43. The van der Waals surface area contributed by atoms with Crippen molar-refractivity contribution in [2.24, 2.45) is 5.22 Å². The zero-order valence-corrected chi connectivity index (χ0v) is 7.11. The van der Waals surface area contributed by atoms with E-state index in [1.165, 1.54) is 0 Å². The third-order valence-electron chi connectivity index (χ3n) is 1.45. The third kappa shape index (κ3) is 1.95. The van der Waals surface area contributed by atoms with Crippen LogP contribution in [0.1, 0.15) is 5.56 Å². The first-order chi connectivity index (χ1) is 5.74. The molecule has 1 N–H and O–H groups in total. The summed E-state index contributed by atoms with van der Waals surface area (Å²) in [6.45, 7) is 1.97. The lowest BCUT2D eigenvalue weighted by Crippen LogP contribution is -2.01. The maximum Gasteiger partial charge on any atom is 0.154 e. The molecular formula is C8H11N3O. The van der Waals surface area contributed by atoms with Crippen molar-refractivity contribution in [2.45, 2.75) is 6.92 Å². The van der Waals surface area contributed by atoms with Gasteiger partial charge in [-0.15, -0.1) is 4.86 Å². The Morgan fingerprint density at radius 1 is 1.33 bits per heavy atom. The summed E-state index contributed by atoms with van der Waals surface area (Å²) in [4.78, 5) is 0.541. The number of nitrogens with one attached hydrogen (secondary N) is 1. The van der Waals surface area contributed by atoms with Crippen LogP contribution in [0.4, 0.5) is 5.69 Å². The Labute approximate surface area is 71.1 Å². The summed E-state index contributed by atoms with van der Waals surface area (Å²) in [7, 11) is 1.58. The molecule has 0 unspecified atom stereocenters. The predicted molar refractivity (Wildman–Crippen MR) is 46.0 cm³/mol. The van der Waals surface area contributed by atoms with Gasteiger partial charge in [0.05, 0.1) is 12.3 Å². The van der Waals surface area contributed by atoms with E-state index in [0.717, 1.165) is 5.56 Å². The van der Waals surface area contributed by atoms with Crippen LogP contribution in [0.3, 0.4) is 0 Å². The van der Waals surface area contributed by atoms with E-state index >= 15 is 0 Å². The molecule has 1 aromatic carbocycles. The standard InChI is InChI=1S/C8H11N3O/c1-7-3-5-8(6-4-7)11(12)10-9-2/h3-6,9H,1-2H3. The molecule has 1 aromatic rings. The van der Waals surface area contributed by atoms with E-state index < -0.39 is 0 Å². The highest BCUT2D eigenvalue weighted by Crippen LogP contribution is 2.11. The molecule has 0 spiro atoms. The fourth-order valence-electron chi connectivity index (χ4n) is 0.821. The Kier molecular flexibility index (Phi) is 2.63. The van der Waals surface area contributed by atoms with E-state index in [2.05, 4.69) is 10.6 Å². The van der Waals surface area contributed by atoms with Crippen LogP contribution in [0.5, 0.6) is 0 Å². The van der Waals surface area contributed by atoms with Crippen molar-refractivity contribution < 1.29 is 4.86 Å². The van der Waals surface area contributed by atoms with Gasteiger partial charge in [0.1, 0.15) is 0 Å². The van der Waals surface area contributed by atoms with Crippen molar-refractivity contribution in [2.75, 3.05) is 7.05 Å². The summed E-state index contributed by atoms with van der Waals surface area (Å²) in [5.41, 5.74) is 4.06. The maximum absolute atomic E-state index is 11.0. The van der Waals surface area contributed by atoms with Gasteiger partial charge in [-0.25, -0.2) is 0 Å². The largest absolute Gasteiger partial charge is 0.691 e. The van der Waals surface area contributed by atoms with Gasteiger partial charge in [-0.1, -0.05) is 17.7 Å². The van der Waals surface area contributed by atoms with Crippen LogP contribution < -0.4 is 5.43 Å². The first kappa shape index (κ1) is 8.52. The second kappa shape index (κ2) is 3.71. The fraction of sp³-hybridized carbons (Fsp3) is 0.250. The van der Waals surface area contributed by atoms with Gasteiger partial charge in [0, 0.05) is 0 Å². The second-order valence-corrected chi connectivity index (χ2v) is 2.43. The minimum atomic E-state index is 0.523. The summed E-state index contributed by atoms with van der Waals surface area (Å²) >= 11 is 0. The topological polar surface area (TPSA) is 50.5 Å². The molecule has 0 saturated heterocycles. The Balaban J connectivity index is 2.89. The number of nitrogens with zero attached hydrogens (tertiary/aromatic N) is 2. The number of rotatable bonds is 2. The fourth-order valence-corrected chi connectivity index (χ4v) is 0.821. The molecule has 12 heavy (non-hydrogen) atoms. The van der Waals surface area contributed by atoms with Gasteiger partial charge in [-0.3, -0.25) is 0 Å². The number of hydrogen-bond donors (Lipinski definition) is 1. The smallest absolute Gasteiger partial charge is 0.154 e. The molecule has 0 aliphatic carbocycles. The van der Waals surface area contributed by atoms with Crippen molar-refractivity contribution in [1.29, 1.82) is 0 Å². The molecule has 0 radical (unpaired) electrons. The maximum atomic E-state index is 11.0. The lowest BCUT2D eigenvalue weighted by atomic mass is 10.2. The monoisotopic (exact) mass is 165 g/mol. The molecule has 0 atom stereocenters. The van der Waals surface area contributed by atoms with Gasteiger partial charge >= 0.3 is 0 Å². The molecule has 0 amide bonds. The molecule has 1 rings (SSSR count). The van der Waals surface area contributed by atoms with Gasteiger partial charge in [-0.2, -0.15) is 5.43 Å². The Morgan fingerprint density at radius 3 is 2.42 bits per heavy atom. The van der Waals surface area contributed by atoms with E-state index in [1.54, 1.807) is 19.2 Å². The Hall–Kier alpha value is -1.58. The quantitative estimate of drug-likeness (QED) is 0.412. The summed E-state index contributed by atoms with van der Waals surface area (Å²) in [6.07, 6.45) is 0. The minimum Gasteiger partial charge on any atom is -0.691 e. The highest BCUT2D eigenvalue weighted by atomic mass is 16.5. The van der Waals surface area contributed by atoms with Crippen LogP contribution in [0, 0.1) is 12.1 Å². The van der Waals surface area contributed by atoms with Crippen molar-refractivity contribution in [3.8, 4) is 0 Å². The van der Waals surface area contributed by atoms with Gasteiger partial charge in [0.2, 0.25) is 0 Å². The molecule has 0 aliphatic rings. The summed E-state index contributed by atoms with van der Waals surface area (Å²) in [6, 6.07) is 7.18. The zero-order chi connectivity index (χ0) is 8.97. The molecule has 0 saturated carbocycles. The summed E-state index contributed by atoms with van der Waals surface area (Å²) in [5.74, 6) is 0. The van der Waals surface area contributed by atoms with Gasteiger partial charge in [0.15, 0.2) is 5.69 Å². The van der Waals surface area contributed by atoms with Crippen LogP contribution in [-0.4, -0.2) is 11.9 Å². The van der Waals surface area contributed by atoms with E-state index in [1.807, 2.05) is 19.1 Å². The van der Waals surface area contributed by atoms with E-state index in [-0.39, 0.29) is 0 Å². The van der Waals surface area contributed by atoms with Crippen molar-refractivity contribution in [3.05, 3.63) is 35.0 Å². The first-order valence-corrected chi connectivity index (χ1v) is 3.65. The Morgan fingerprint density at radius 2 is 1.92 bits per heavy atom. The summed E-state index contributed by atoms with van der Waals surface area (Å²) < 4.78 is 0.